The fourth-order valence-corrected chi connectivity index (χ4v) is 5.05. The molecule has 236 valence electrons. The average Bonchev–Trinajstić information content (AvgIpc) is 2.89. The zero-order valence-electron chi connectivity index (χ0n) is 25.0. The van der Waals surface area contributed by atoms with Crippen LogP contribution < -0.4 is 20.5 Å². The summed E-state index contributed by atoms with van der Waals surface area (Å²) >= 11 is 0. The van der Waals surface area contributed by atoms with Crippen LogP contribution in [-0.4, -0.2) is 69.1 Å². The molecular formula is C30H49F3N2O6. The van der Waals surface area contributed by atoms with Crippen molar-refractivity contribution in [1.82, 2.24) is 5.32 Å². The minimum Gasteiger partial charge on any atom is -0.490 e. The lowest BCUT2D eigenvalue weighted by atomic mass is 9.80. The molecule has 1 saturated heterocycles. The summed E-state index contributed by atoms with van der Waals surface area (Å²) in [4.78, 5) is 13.0. The number of amides is 1. The molecule has 1 aromatic rings. The van der Waals surface area contributed by atoms with Crippen molar-refractivity contribution in [2.24, 2.45) is 29.4 Å². The fraction of sp³-hybridized carbons (Fsp3) is 0.767. The van der Waals surface area contributed by atoms with Gasteiger partial charge in [-0.25, -0.2) is 0 Å². The van der Waals surface area contributed by atoms with Gasteiger partial charge >= 0.3 is 6.36 Å². The number of carbonyl (C=O) groups excluding carboxylic acids is 1. The van der Waals surface area contributed by atoms with Gasteiger partial charge in [-0.05, 0) is 67.6 Å². The smallest absolute Gasteiger partial charge is 0.490 e. The second kappa shape index (κ2) is 17.1. The third kappa shape index (κ3) is 12.8. The van der Waals surface area contributed by atoms with Crippen LogP contribution in [0.25, 0.3) is 0 Å². The number of carbonyl (C=O) groups is 1. The molecule has 0 saturated carbocycles. The molecule has 2 rings (SSSR count). The van der Waals surface area contributed by atoms with Gasteiger partial charge in [0.2, 0.25) is 5.91 Å². The third-order valence-corrected chi connectivity index (χ3v) is 7.70. The lowest BCUT2D eigenvalue weighted by Gasteiger charge is -2.31. The highest BCUT2D eigenvalue weighted by Gasteiger charge is 2.33. The van der Waals surface area contributed by atoms with Gasteiger partial charge in [0.15, 0.2) is 11.5 Å². The molecule has 1 fully saturated rings. The van der Waals surface area contributed by atoms with Crippen molar-refractivity contribution < 1.29 is 42.0 Å². The van der Waals surface area contributed by atoms with E-state index in [9.17, 15) is 23.1 Å². The number of alkyl halides is 3. The van der Waals surface area contributed by atoms with E-state index in [1.54, 1.807) is 12.1 Å². The second-order valence-electron chi connectivity index (χ2n) is 11.7. The predicted octanol–water partition coefficient (Wildman–Crippen LogP) is 4.85. The maximum Gasteiger partial charge on any atom is 0.573 e. The molecule has 1 heterocycles. The van der Waals surface area contributed by atoms with Gasteiger partial charge in [0.1, 0.15) is 0 Å². The van der Waals surface area contributed by atoms with Gasteiger partial charge < -0.3 is 35.1 Å². The van der Waals surface area contributed by atoms with Gasteiger partial charge in [0.05, 0.1) is 12.7 Å². The number of aliphatic hydroxyl groups is 1. The minimum atomic E-state index is -4.84. The van der Waals surface area contributed by atoms with Crippen molar-refractivity contribution in [3.8, 4) is 11.5 Å². The standard InChI is InChI=1S/C30H49F3N2O6/c1-19(2)22(15-21-7-8-27(41-30(31,32)33)28(16-21)40-12-6-11-38-5)17-25(34)26(36)18-24(20(3)4)29(37)35-23-9-13-39-14-10-23/h7-8,16,19-20,22-26,36H,6,9-15,17-18,34H2,1-5H3,(H,35,37). The minimum absolute atomic E-state index is 0.0121. The number of rotatable bonds is 17. The highest BCUT2D eigenvalue weighted by atomic mass is 19.4. The van der Waals surface area contributed by atoms with Crippen LogP contribution in [0.3, 0.4) is 0 Å². The Morgan fingerprint density at radius 2 is 1.78 bits per heavy atom. The van der Waals surface area contributed by atoms with Gasteiger partial charge in [-0.3, -0.25) is 4.79 Å². The molecule has 1 aliphatic heterocycles. The molecule has 1 aromatic carbocycles. The van der Waals surface area contributed by atoms with Gasteiger partial charge in [0, 0.05) is 51.4 Å². The predicted molar refractivity (Wildman–Crippen MR) is 151 cm³/mol. The molecule has 1 amide bonds. The highest BCUT2D eigenvalue weighted by molar-refractivity contribution is 5.79. The monoisotopic (exact) mass is 590 g/mol. The summed E-state index contributed by atoms with van der Waals surface area (Å²) in [6.07, 6.45) is -2.40. The van der Waals surface area contributed by atoms with Crippen molar-refractivity contribution in [1.29, 1.82) is 0 Å². The zero-order chi connectivity index (χ0) is 30.6. The fourth-order valence-electron chi connectivity index (χ4n) is 5.05. The average molecular weight is 591 g/mol. The van der Waals surface area contributed by atoms with Crippen LogP contribution in [-0.2, 0) is 20.7 Å². The van der Waals surface area contributed by atoms with Crippen molar-refractivity contribution >= 4 is 5.91 Å². The Bertz CT molecular complexity index is 909. The van der Waals surface area contributed by atoms with Gasteiger partial charge in [0.25, 0.3) is 0 Å². The van der Waals surface area contributed by atoms with E-state index in [1.807, 2.05) is 27.7 Å². The molecule has 41 heavy (non-hydrogen) atoms. The molecule has 4 atom stereocenters. The van der Waals surface area contributed by atoms with Crippen molar-refractivity contribution in [2.45, 2.75) is 90.8 Å². The number of benzene rings is 1. The molecule has 0 aromatic heterocycles. The van der Waals surface area contributed by atoms with Gasteiger partial charge in [-0.1, -0.05) is 33.8 Å². The summed E-state index contributed by atoms with van der Waals surface area (Å²) in [5, 5.41) is 14.2. The summed E-state index contributed by atoms with van der Waals surface area (Å²) in [7, 11) is 1.54. The Labute approximate surface area is 242 Å². The Balaban J connectivity index is 2.07. The summed E-state index contributed by atoms with van der Waals surface area (Å²) in [5.74, 6) is -0.596. The Hall–Kier alpha value is -2.08. The number of hydrogen-bond donors (Lipinski definition) is 3. The number of aliphatic hydroxyl groups excluding tert-OH is 1. The quantitative estimate of drug-likeness (QED) is 0.222. The zero-order valence-corrected chi connectivity index (χ0v) is 25.0. The first-order valence-electron chi connectivity index (χ1n) is 14.6. The van der Waals surface area contributed by atoms with E-state index in [0.29, 0.717) is 39.1 Å². The van der Waals surface area contributed by atoms with Gasteiger partial charge in [-0.2, -0.15) is 0 Å². The molecule has 4 N–H and O–H groups in total. The van der Waals surface area contributed by atoms with Crippen LogP contribution >= 0.6 is 0 Å². The molecule has 0 bridgehead atoms. The van der Waals surface area contributed by atoms with E-state index in [1.165, 1.54) is 13.2 Å². The Kier molecular flexibility index (Phi) is 14.7. The normalized spacial score (nSPS) is 17.8. The van der Waals surface area contributed by atoms with E-state index >= 15 is 0 Å². The molecule has 8 nitrogen and oxygen atoms in total. The van der Waals surface area contributed by atoms with Crippen LogP contribution in [0.15, 0.2) is 18.2 Å². The first-order chi connectivity index (χ1) is 19.3. The van der Waals surface area contributed by atoms with E-state index in [-0.39, 0.29) is 54.4 Å². The molecule has 4 unspecified atom stereocenters. The third-order valence-electron chi connectivity index (χ3n) is 7.70. The molecule has 0 aliphatic carbocycles. The number of nitrogens with one attached hydrogen (secondary N) is 1. The van der Waals surface area contributed by atoms with Crippen LogP contribution in [0.1, 0.15) is 65.4 Å². The second-order valence-corrected chi connectivity index (χ2v) is 11.7. The Morgan fingerprint density at radius 1 is 1.10 bits per heavy atom. The van der Waals surface area contributed by atoms with E-state index in [0.717, 1.165) is 18.4 Å². The van der Waals surface area contributed by atoms with Crippen molar-refractivity contribution in [3.05, 3.63) is 23.8 Å². The summed E-state index contributed by atoms with van der Waals surface area (Å²) in [5.41, 5.74) is 7.26. The van der Waals surface area contributed by atoms with E-state index in [4.69, 9.17) is 19.9 Å². The highest BCUT2D eigenvalue weighted by Crippen LogP contribution is 2.35. The van der Waals surface area contributed by atoms with Crippen LogP contribution in [0, 0.1) is 23.7 Å². The van der Waals surface area contributed by atoms with Crippen LogP contribution in [0.4, 0.5) is 13.2 Å². The number of ether oxygens (including phenoxy) is 4. The molecule has 0 spiro atoms. The SMILES string of the molecule is COCCCOc1cc(CC(CC(N)C(O)CC(C(=O)NC2CCOCC2)C(C)C)C(C)C)ccc1OC(F)(F)F. The number of halogens is 3. The maximum atomic E-state index is 13.0. The van der Waals surface area contributed by atoms with Crippen molar-refractivity contribution in [2.75, 3.05) is 33.5 Å². The molecule has 1 aliphatic rings. The first kappa shape index (κ1) is 35.1. The van der Waals surface area contributed by atoms with Crippen molar-refractivity contribution in [3.63, 3.8) is 0 Å². The summed E-state index contributed by atoms with van der Waals surface area (Å²) in [6, 6.07) is 3.94. The first-order valence-corrected chi connectivity index (χ1v) is 14.6. The lowest BCUT2D eigenvalue weighted by molar-refractivity contribution is -0.275. The summed E-state index contributed by atoms with van der Waals surface area (Å²) < 4.78 is 59.0. The van der Waals surface area contributed by atoms with Crippen LogP contribution in [0.2, 0.25) is 0 Å². The topological polar surface area (TPSA) is 112 Å². The number of nitrogens with two attached hydrogens (primary N) is 1. The molecule has 11 heteroatoms. The van der Waals surface area contributed by atoms with E-state index in [2.05, 4.69) is 10.1 Å². The van der Waals surface area contributed by atoms with E-state index < -0.39 is 24.3 Å². The lowest BCUT2D eigenvalue weighted by Crippen LogP contribution is -2.46. The maximum absolute atomic E-state index is 13.0. The molecular weight excluding hydrogens is 541 g/mol. The van der Waals surface area contributed by atoms with Crippen LogP contribution in [0.5, 0.6) is 11.5 Å². The largest absolute Gasteiger partial charge is 0.573 e. The number of methoxy groups -OCH3 is 1. The molecule has 0 radical (unpaired) electrons. The Morgan fingerprint density at radius 3 is 2.37 bits per heavy atom. The summed E-state index contributed by atoms with van der Waals surface area (Å²) in [6.45, 7) is 9.86. The van der Waals surface area contributed by atoms with Gasteiger partial charge in [-0.15, -0.1) is 13.2 Å². The number of hydrogen-bond acceptors (Lipinski definition) is 7.